The van der Waals surface area contributed by atoms with Crippen LogP contribution < -0.4 is 16.0 Å². The Labute approximate surface area is 137 Å². The molecule has 2 aromatic rings. The van der Waals surface area contributed by atoms with Crippen LogP contribution in [0.4, 0.5) is 11.8 Å². The molecule has 1 aliphatic heterocycles. The van der Waals surface area contributed by atoms with Crippen molar-refractivity contribution < 1.29 is 0 Å². The Bertz CT molecular complexity index is 668. The number of nitrogen functional groups attached to an aromatic ring is 1. The fourth-order valence-electron chi connectivity index (χ4n) is 2.94. The minimum atomic E-state index is 0.349. The first kappa shape index (κ1) is 15.7. The van der Waals surface area contributed by atoms with E-state index in [1.807, 2.05) is 13.2 Å². The van der Waals surface area contributed by atoms with Crippen molar-refractivity contribution in [1.29, 1.82) is 0 Å². The lowest BCUT2D eigenvalue weighted by molar-refractivity contribution is 0.708. The van der Waals surface area contributed by atoms with E-state index in [9.17, 15) is 0 Å². The number of aromatic nitrogens is 3. The molecular formula is C17H24N6. The van der Waals surface area contributed by atoms with E-state index in [0.717, 1.165) is 49.6 Å². The molecule has 3 N–H and O–H groups in total. The highest BCUT2D eigenvalue weighted by atomic mass is 15.2. The molecule has 6 heteroatoms. The number of nitrogens with one attached hydrogen (secondary N) is 1. The smallest absolute Gasteiger partial charge is 0.222 e. The van der Waals surface area contributed by atoms with E-state index in [1.54, 1.807) is 0 Å². The average molecular weight is 312 g/mol. The highest BCUT2D eigenvalue weighted by molar-refractivity contribution is 5.52. The quantitative estimate of drug-likeness (QED) is 0.887. The molecule has 3 rings (SSSR count). The van der Waals surface area contributed by atoms with E-state index in [1.165, 1.54) is 11.1 Å². The number of hydrogen-bond donors (Lipinski definition) is 2. The van der Waals surface area contributed by atoms with Gasteiger partial charge >= 0.3 is 0 Å². The van der Waals surface area contributed by atoms with E-state index in [4.69, 9.17) is 5.73 Å². The first-order valence-electron chi connectivity index (χ1n) is 8.18. The van der Waals surface area contributed by atoms with Gasteiger partial charge in [-0.05, 0) is 31.0 Å². The third-order valence-corrected chi connectivity index (χ3v) is 4.23. The fraction of sp³-hybridized carbons (Fsp3) is 0.471. The van der Waals surface area contributed by atoms with Crippen molar-refractivity contribution in [2.45, 2.75) is 32.7 Å². The Morgan fingerprint density at radius 2 is 2.04 bits per heavy atom. The number of nitrogens with two attached hydrogens (primary N) is 1. The zero-order valence-corrected chi connectivity index (χ0v) is 13.8. The predicted octanol–water partition coefficient (Wildman–Crippen LogP) is 1.34. The van der Waals surface area contributed by atoms with Gasteiger partial charge in [-0.25, -0.2) is 4.98 Å². The van der Waals surface area contributed by atoms with Crippen molar-refractivity contribution in [3.63, 3.8) is 0 Å². The summed E-state index contributed by atoms with van der Waals surface area (Å²) in [6, 6.07) is 4.22. The summed E-state index contributed by atoms with van der Waals surface area (Å²) >= 11 is 0. The van der Waals surface area contributed by atoms with Crippen LogP contribution in [0.1, 0.15) is 29.4 Å². The minimum absolute atomic E-state index is 0.349. The molecule has 0 saturated heterocycles. The molecule has 6 nitrogen and oxygen atoms in total. The number of hydrogen-bond acceptors (Lipinski definition) is 6. The number of rotatable bonds is 4. The van der Waals surface area contributed by atoms with Gasteiger partial charge in [-0.3, -0.25) is 4.98 Å². The maximum Gasteiger partial charge on any atom is 0.222 e. The van der Waals surface area contributed by atoms with E-state index in [-0.39, 0.29) is 0 Å². The molecule has 0 saturated carbocycles. The van der Waals surface area contributed by atoms with Gasteiger partial charge in [-0.2, -0.15) is 4.98 Å². The Morgan fingerprint density at radius 1 is 1.22 bits per heavy atom. The largest absolute Gasteiger partial charge is 0.368 e. The van der Waals surface area contributed by atoms with Crippen LogP contribution in [-0.2, 0) is 25.8 Å². The van der Waals surface area contributed by atoms with Gasteiger partial charge < -0.3 is 16.0 Å². The second-order valence-corrected chi connectivity index (χ2v) is 5.95. The third kappa shape index (κ3) is 3.59. The monoisotopic (exact) mass is 312 g/mol. The standard InChI is InChI=1S/C17H24N6/c1-3-12-4-5-13(20-10-12)11-23(2)16-14-6-8-19-9-7-15(14)21-17(18)22-16/h4-5,10,19H,3,6-9,11H2,1-2H3,(H2,18,21,22). The molecule has 0 fully saturated rings. The number of fused-ring (bicyclic) bond motifs is 1. The maximum atomic E-state index is 5.92. The summed E-state index contributed by atoms with van der Waals surface area (Å²) in [6.45, 7) is 4.73. The molecule has 1 aliphatic rings. The Hall–Kier alpha value is -2.21. The summed E-state index contributed by atoms with van der Waals surface area (Å²) in [5, 5.41) is 3.40. The number of pyridine rings is 1. The highest BCUT2D eigenvalue weighted by Gasteiger charge is 2.18. The van der Waals surface area contributed by atoms with Gasteiger partial charge in [0.1, 0.15) is 5.82 Å². The van der Waals surface area contributed by atoms with Crippen LogP contribution in [0.25, 0.3) is 0 Å². The molecule has 0 atom stereocenters. The maximum absolute atomic E-state index is 5.92. The van der Waals surface area contributed by atoms with Crippen molar-refractivity contribution in [2.24, 2.45) is 0 Å². The first-order valence-corrected chi connectivity index (χ1v) is 8.18. The molecule has 2 aromatic heterocycles. The van der Waals surface area contributed by atoms with Crippen LogP contribution in [0.15, 0.2) is 18.3 Å². The average Bonchev–Trinajstić information content (AvgIpc) is 2.80. The van der Waals surface area contributed by atoms with Crippen LogP contribution in [0.2, 0.25) is 0 Å². The Kier molecular flexibility index (Phi) is 4.71. The van der Waals surface area contributed by atoms with E-state index in [2.05, 4.69) is 44.2 Å². The van der Waals surface area contributed by atoms with Gasteiger partial charge in [0.15, 0.2) is 0 Å². The van der Waals surface area contributed by atoms with Gasteiger partial charge in [0.05, 0.1) is 17.9 Å². The number of nitrogens with zero attached hydrogens (tertiary/aromatic N) is 4. The summed E-state index contributed by atoms with van der Waals surface area (Å²) in [7, 11) is 2.04. The lowest BCUT2D eigenvalue weighted by Gasteiger charge is -2.22. The Balaban J connectivity index is 1.86. The van der Waals surface area contributed by atoms with Crippen LogP contribution >= 0.6 is 0 Å². The van der Waals surface area contributed by atoms with Crippen molar-refractivity contribution >= 4 is 11.8 Å². The Morgan fingerprint density at radius 3 is 2.78 bits per heavy atom. The second kappa shape index (κ2) is 6.91. The van der Waals surface area contributed by atoms with E-state index >= 15 is 0 Å². The lowest BCUT2D eigenvalue weighted by Crippen LogP contribution is -2.22. The summed E-state index contributed by atoms with van der Waals surface area (Å²) in [5.74, 6) is 1.28. The van der Waals surface area contributed by atoms with Gasteiger partial charge in [-0.15, -0.1) is 0 Å². The van der Waals surface area contributed by atoms with E-state index < -0.39 is 0 Å². The van der Waals surface area contributed by atoms with Crippen LogP contribution in [0, 0.1) is 0 Å². The molecule has 0 bridgehead atoms. The second-order valence-electron chi connectivity index (χ2n) is 5.95. The van der Waals surface area contributed by atoms with Crippen molar-refractivity contribution in [3.05, 3.63) is 40.8 Å². The van der Waals surface area contributed by atoms with Gasteiger partial charge in [0, 0.05) is 31.8 Å². The molecule has 0 aliphatic carbocycles. The molecular weight excluding hydrogens is 288 g/mol. The van der Waals surface area contributed by atoms with Gasteiger partial charge in [-0.1, -0.05) is 13.0 Å². The normalized spacial score (nSPS) is 14.2. The molecule has 122 valence electrons. The van der Waals surface area contributed by atoms with Crippen LogP contribution in [0.5, 0.6) is 0 Å². The third-order valence-electron chi connectivity index (χ3n) is 4.23. The van der Waals surface area contributed by atoms with Crippen LogP contribution in [-0.4, -0.2) is 35.1 Å². The summed E-state index contributed by atoms with van der Waals surface area (Å²) in [5.41, 5.74) is 10.5. The van der Waals surface area contributed by atoms with Gasteiger partial charge in [0.2, 0.25) is 5.95 Å². The molecule has 0 radical (unpaired) electrons. The topological polar surface area (TPSA) is 80.0 Å². The summed E-state index contributed by atoms with van der Waals surface area (Å²) in [4.78, 5) is 15.6. The SMILES string of the molecule is CCc1ccc(CN(C)c2nc(N)nc3c2CCNCC3)nc1. The molecule has 0 amide bonds. The fourth-order valence-corrected chi connectivity index (χ4v) is 2.94. The van der Waals surface area contributed by atoms with Crippen molar-refractivity contribution in [2.75, 3.05) is 30.8 Å². The number of anilines is 2. The van der Waals surface area contributed by atoms with E-state index in [0.29, 0.717) is 12.5 Å². The highest BCUT2D eigenvalue weighted by Crippen LogP contribution is 2.24. The first-order chi connectivity index (χ1) is 11.2. The molecule has 0 spiro atoms. The molecule has 3 heterocycles. The van der Waals surface area contributed by atoms with Crippen molar-refractivity contribution in [1.82, 2.24) is 20.3 Å². The summed E-state index contributed by atoms with van der Waals surface area (Å²) < 4.78 is 0. The molecule has 0 aromatic carbocycles. The number of aryl methyl sites for hydroxylation is 1. The van der Waals surface area contributed by atoms with Crippen molar-refractivity contribution in [3.8, 4) is 0 Å². The van der Waals surface area contributed by atoms with Gasteiger partial charge in [0.25, 0.3) is 0 Å². The summed E-state index contributed by atoms with van der Waals surface area (Å²) in [6.07, 6.45) is 4.78. The van der Waals surface area contributed by atoms with Crippen LogP contribution in [0.3, 0.4) is 0 Å². The lowest BCUT2D eigenvalue weighted by atomic mass is 10.1. The predicted molar refractivity (Wildman–Crippen MR) is 92.4 cm³/mol. The zero-order chi connectivity index (χ0) is 16.2. The molecule has 0 unspecified atom stereocenters. The molecule has 23 heavy (non-hydrogen) atoms. The minimum Gasteiger partial charge on any atom is -0.368 e. The zero-order valence-electron chi connectivity index (χ0n) is 13.8.